The zero-order valence-electron chi connectivity index (χ0n) is 85.1. The summed E-state index contributed by atoms with van der Waals surface area (Å²) in [6, 6.07) is 77.5. The first-order valence-electron chi connectivity index (χ1n) is 50.2. The highest BCUT2D eigenvalue weighted by Gasteiger charge is 2.49. The minimum Gasteiger partial charge on any atom is -0.508 e. The minimum absolute atomic E-state index is 0.0109. The first-order valence-corrected chi connectivity index (χ1v) is 52.4. The standard InChI is InChI=1S/C47H53N7O6.C20H13F3O3S.C20H16O.C18H12O2.C15H22BrN3O3/c1-26(2)41(51-46(57)59-5)44(55)53-19-9-13-39(53)37-23-30(24-48-37)28-15-17-33-34-18-16-29(22-36(34)32-12-8-7-11-31(32)35(33)21-28)38-25-49-43(50-38)40-14-10-20-54(40)45(56)42(27(3)4)52-47(58)60-6;1-12-6-8-16-17-9-7-13(26-27(24,25)20(21,22)23)11-19(17)15-5-3-2-4-14(15)18(16)10-12;1-13-7-9-17-18-10-8-14(21-2)12-20(18)16-6-4-3-5-15(16)19(17)11-13;19-11-5-7-15-16-8-6-12(20)10-18(16)14-4-2-1-3-13(14)17(15)9-11;1-9(2)13(18-15(21)22-3)14(20)19-6-4-5-12(19)11-7-10(16)8-17-11/h7-8,11-12,15-18,21-22,24-27,39-42H,9-10,13-14,19-20,23H2,1-6H3,(H,49,50)(H,51,57)(H,52,58);2-11H,1H3;3-12H,1-2H3;1-10,19-20H;8-9,12-13H,4-7H2,1-3H3,(H,18,21)/t39-,40-,41-,42-;;;;12-,13-/m0...0/s1. The number of aromatic nitrogens is 2. The smallest absolute Gasteiger partial charge is 0.508 e. The fraction of sp³-hybridized carbons (Fsp3) is 0.275. The summed E-state index contributed by atoms with van der Waals surface area (Å²) in [5.41, 5.74) is 2.94. The maximum atomic E-state index is 13.8. The Labute approximate surface area is 873 Å². The van der Waals surface area contributed by atoms with Crippen molar-refractivity contribution >= 4 is 208 Å². The lowest BCUT2D eigenvalue weighted by molar-refractivity contribution is -0.136. The number of alkyl carbamates (subject to hydrolysis) is 3. The lowest BCUT2D eigenvalue weighted by atomic mass is 9.90. The Morgan fingerprint density at radius 2 is 0.720 bits per heavy atom. The number of carbonyl (C=O) groups excluding carboxylic acids is 6. The summed E-state index contributed by atoms with van der Waals surface area (Å²) in [4.78, 5) is 99.1. The number of likely N-dealkylation sites (tertiary alicyclic amines) is 3. The number of nitrogens with one attached hydrogen (secondary N) is 4. The second-order valence-electron chi connectivity index (χ2n) is 39.5. The Balaban J connectivity index is 0.000000135. The Morgan fingerprint density at radius 1 is 0.400 bits per heavy atom. The maximum Gasteiger partial charge on any atom is 0.534 e. The Bertz CT molecular complexity index is 8340. The molecular weight excluding hydrogens is 1990 g/mol. The lowest BCUT2D eigenvalue weighted by Gasteiger charge is -2.31. The van der Waals surface area contributed by atoms with Gasteiger partial charge in [0.05, 0.1) is 58.5 Å². The molecule has 0 radical (unpaired) electrons. The van der Waals surface area contributed by atoms with Crippen molar-refractivity contribution in [2.24, 2.45) is 27.7 Å². The van der Waals surface area contributed by atoms with E-state index >= 15 is 0 Å². The highest BCUT2D eigenvalue weighted by atomic mass is 79.9. The maximum absolute atomic E-state index is 13.8. The molecule has 6 heterocycles. The molecule has 0 spiro atoms. The zero-order valence-corrected chi connectivity index (χ0v) is 87.5. The number of methoxy groups -OCH3 is 4. The molecule has 0 bridgehead atoms. The number of allylic oxidation sites excluding steroid dienone is 2. The van der Waals surface area contributed by atoms with Crippen LogP contribution in [0.5, 0.6) is 23.0 Å². The Kier molecular flexibility index (Phi) is 30.6. The first kappa shape index (κ1) is 104. The predicted molar refractivity (Wildman–Crippen MR) is 593 cm³/mol. The number of carbonyl (C=O) groups is 6. The molecule has 150 heavy (non-hydrogen) atoms. The number of phenols is 2. The molecule has 0 unspecified atom stereocenters. The molecule has 6 atom stereocenters. The molecule has 22 rings (SSSR count). The summed E-state index contributed by atoms with van der Waals surface area (Å²) < 4.78 is 85.5. The van der Waals surface area contributed by atoms with Gasteiger partial charge < -0.3 is 69.0 Å². The lowest BCUT2D eigenvalue weighted by Crippen LogP contribution is -2.53. The number of hydrogen-bond acceptors (Lipinski definition) is 18. The predicted octanol–water partition coefficient (Wildman–Crippen LogP) is 26.3. The fourth-order valence-corrected chi connectivity index (χ4v) is 22.4. The molecule has 25 nitrogen and oxygen atoms in total. The van der Waals surface area contributed by atoms with Crippen molar-refractivity contribution in [3.05, 3.63) is 288 Å². The molecular formula is C120H116BrF3N10O15S. The summed E-state index contributed by atoms with van der Waals surface area (Å²) in [6.45, 7) is 17.5. The largest absolute Gasteiger partial charge is 0.534 e. The van der Waals surface area contributed by atoms with E-state index in [4.69, 9.17) is 24.2 Å². The van der Waals surface area contributed by atoms with Gasteiger partial charge in [0.15, 0.2) is 0 Å². The number of fused-ring (bicyclic) bond motifs is 24. The van der Waals surface area contributed by atoms with Crippen LogP contribution in [0.15, 0.2) is 276 Å². The minimum atomic E-state index is -5.72. The molecule has 0 saturated carbocycles. The topological polar surface area (TPSA) is 322 Å². The van der Waals surface area contributed by atoms with E-state index in [1.54, 1.807) is 43.6 Å². The molecule has 3 saturated heterocycles. The molecule has 30 heteroatoms. The number of aryl methyl sites for hydroxylation is 2. The SMILES string of the molecule is COC(=O)N[C@H](C(=O)N1CCC[C@H]1C1=NC=C(Br)C1)C(C)C.COC(=O)N[C@H](C(=O)N1CCC[C@H]1C1=NC=C(c2ccc3c4ccc(-c5cnc([C@@H]6CCCN6C(=O)[C@@H](NC(=O)OC)C(C)C)[nH]5)cc4c4ccccc4c3c2)C1)C(C)C.COc1ccc2c3ccc(C)cc3c3ccccc3c2c1.Cc1ccc2c3ccc(OS(=O)(=O)C(F)(F)F)cc3c3ccccc3c2c1.Oc1ccc2c3ccc(O)cc3c3ccccc3c2c1. The highest BCUT2D eigenvalue weighted by Crippen LogP contribution is 2.46. The van der Waals surface area contributed by atoms with Crippen LogP contribution in [0, 0.1) is 31.6 Å². The van der Waals surface area contributed by atoms with Gasteiger partial charge in [-0.3, -0.25) is 24.4 Å². The van der Waals surface area contributed by atoms with Gasteiger partial charge in [0.25, 0.3) is 0 Å². The van der Waals surface area contributed by atoms with E-state index in [0.717, 1.165) is 192 Å². The number of aromatic amines is 1. The average molecular weight is 2110 g/mol. The summed E-state index contributed by atoms with van der Waals surface area (Å²) in [6.07, 6.45) is 10.4. The van der Waals surface area contributed by atoms with Gasteiger partial charge in [0.1, 0.15) is 46.9 Å². The van der Waals surface area contributed by atoms with Gasteiger partial charge in [-0.25, -0.2) is 19.4 Å². The normalized spacial score (nSPS) is 16.3. The average Bonchev–Trinajstić information content (AvgIpc) is 1.06. The van der Waals surface area contributed by atoms with E-state index in [1.165, 1.54) is 71.3 Å². The summed E-state index contributed by atoms with van der Waals surface area (Å²) in [5.74, 6) is 1.25. The van der Waals surface area contributed by atoms with Gasteiger partial charge in [0.2, 0.25) is 17.7 Å². The molecule has 0 aliphatic carbocycles. The number of aromatic hydroxyl groups is 2. The van der Waals surface area contributed by atoms with Crippen LogP contribution in [0.25, 0.3) is 146 Å². The molecule has 6 amide bonds. The van der Waals surface area contributed by atoms with Crippen LogP contribution in [0.4, 0.5) is 27.6 Å². The molecule has 16 aromatic carbocycles. The number of nitrogens with zero attached hydrogens (tertiary/aromatic N) is 6. The third-order valence-corrected chi connectivity index (χ3v) is 30.4. The van der Waals surface area contributed by atoms with Crippen LogP contribution in [0.1, 0.15) is 121 Å². The van der Waals surface area contributed by atoms with Crippen LogP contribution in [0.2, 0.25) is 0 Å². The molecule has 5 aliphatic rings. The van der Waals surface area contributed by atoms with E-state index in [0.29, 0.717) is 31.4 Å². The van der Waals surface area contributed by atoms with Gasteiger partial charge >= 0.3 is 33.9 Å². The van der Waals surface area contributed by atoms with Gasteiger partial charge in [-0.05, 0) is 277 Å². The molecule has 770 valence electrons. The summed E-state index contributed by atoms with van der Waals surface area (Å²) >= 11 is 3.45. The van der Waals surface area contributed by atoms with Gasteiger partial charge in [0, 0.05) is 66.3 Å². The van der Waals surface area contributed by atoms with Crippen LogP contribution >= 0.6 is 15.9 Å². The number of halogens is 4. The number of benzene rings is 16. The number of amides is 6. The number of H-pyrrole nitrogens is 1. The van der Waals surface area contributed by atoms with Gasteiger partial charge in [-0.1, -0.05) is 245 Å². The van der Waals surface area contributed by atoms with Gasteiger partial charge in [-0.2, -0.15) is 21.6 Å². The van der Waals surface area contributed by atoms with Crippen LogP contribution < -0.4 is 24.9 Å². The van der Waals surface area contributed by atoms with Crippen molar-refractivity contribution in [1.82, 2.24) is 40.6 Å². The van der Waals surface area contributed by atoms with E-state index < -0.39 is 52.0 Å². The monoisotopic (exact) mass is 2100 g/mol. The van der Waals surface area contributed by atoms with Crippen molar-refractivity contribution in [2.75, 3.05) is 48.1 Å². The second-order valence-corrected chi connectivity index (χ2v) is 42.1. The van der Waals surface area contributed by atoms with Crippen molar-refractivity contribution in [1.29, 1.82) is 0 Å². The molecule has 6 N–H and O–H groups in total. The zero-order chi connectivity index (χ0) is 106. The van der Waals surface area contributed by atoms with Crippen LogP contribution in [0.3, 0.4) is 0 Å². The summed E-state index contributed by atoms with van der Waals surface area (Å²) in [5, 5.41) is 53.7. The molecule has 17 aromatic rings. The number of alkyl halides is 3. The molecule has 3 fully saturated rings. The van der Waals surface area contributed by atoms with E-state index in [1.807, 2.05) is 154 Å². The van der Waals surface area contributed by atoms with Crippen molar-refractivity contribution in [2.45, 2.75) is 149 Å². The van der Waals surface area contributed by atoms with Crippen molar-refractivity contribution in [3.8, 4) is 34.3 Å². The first-order chi connectivity index (χ1) is 72.1. The fourth-order valence-electron chi connectivity index (χ4n) is 21.5. The number of phenolic OH excluding ortho intramolecular Hbond substituents is 2. The third-order valence-electron chi connectivity index (χ3n) is 28.9. The number of imidazole rings is 1. The quantitative estimate of drug-likeness (QED) is 0.0213. The number of hydrogen-bond donors (Lipinski definition) is 6. The van der Waals surface area contributed by atoms with Crippen molar-refractivity contribution < 1.29 is 83.7 Å². The Hall–Kier alpha value is -15.7. The molecule has 5 aliphatic heterocycles. The van der Waals surface area contributed by atoms with E-state index in [-0.39, 0.29) is 70.8 Å². The Morgan fingerprint density at radius 3 is 1.10 bits per heavy atom. The number of ether oxygens (including phenoxy) is 4. The van der Waals surface area contributed by atoms with E-state index in [2.05, 4.69) is 179 Å². The van der Waals surface area contributed by atoms with Crippen molar-refractivity contribution in [3.63, 3.8) is 0 Å². The van der Waals surface area contributed by atoms with Crippen LogP contribution in [-0.2, 0) is 38.7 Å². The summed E-state index contributed by atoms with van der Waals surface area (Å²) in [7, 11) is -0.107. The molecule has 1 aromatic heterocycles. The number of aliphatic imine (C=N–C) groups is 2. The van der Waals surface area contributed by atoms with Crippen LogP contribution in [-0.4, -0.2) is 175 Å². The second kappa shape index (κ2) is 44.0. The number of rotatable bonds is 17. The highest BCUT2D eigenvalue weighted by molar-refractivity contribution is 9.11. The van der Waals surface area contributed by atoms with E-state index in [9.17, 15) is 60.6 Å². The third kappa shape index (κ3) is 21.3. The van der Waals surface area contributed by atoms with Gasteiger partial charge in [-0.15, -0.1) is 0 Å².